The fourth-order valence-electron chi connectivity index (χ4n) is 1.73. The molecule has 0 aliphatic rings. The molecule has 0 aliphatic carbocycles. The van der Waals surface area contributed by atoms with Crippen molar-refractivity contribution in [1.29, 1.82) is 0 Å². The minimum absolute atomic E-state index is 0.109. The Hall–Kier alpha value is -1.84. The van der Waals surface area contributed by atoms with Gasteiger partial charge < -0.3 is 9.47 Å². The molecule has 0 unspecified atom stereocenters. The Morgan fingerprint density at radius 3 is 2.47 bits per heavy atom. The summed E-state index contributed by atoms with van der Waals surface area (Å²) in [5.41, 5.74) is 3.21. The van der Waals surface area contributed by atoms with Gasteiger partial charge in [-0.1, -0.05) is 6.07 Å². The Labute approximate surface area is 113 Å². The maximum Gasteiger partial charge on any atom is 0.313 e. The third-order valence-corrected chi connectivity index (χ3v) is 2.80. The van der Waals surface area contributed by atoms with Crippen molar-refractivity contribution in [1.82, 2.24) is 0 Å². The zero-order valence-electron chi connectivity index (χ0n) is 11.9. The molecule has 4 heteroatoms. The highest BCUT2D eigenvalue weighted by Gasteiger charge is 2.12. The zero-order valence-corrected chi connectivity index (χ0v) is 11.9. The predicted octanol–water partition coefficient (Wildman–Crippen LogP) is 2.51. The lowest BCUT2D eigenvalue weighted by Crippen LogP contribution is -2.17. The Morgan fingerprint density at radius 1 is 1.16 bits per heavy atom. The molecule has 0 N–H and O–H groups in total. The van der Waals surface area contributed by atoms with Gasteiger partial charge in [-0.15, -0.1) is 0 Å². The molecule has 0 saturated heterocycles. The molecular weight excluding hydrogens is 244 g/mol. The monoisotopic (exact) mass is 264 g/mol. The average molecular weight is 264 g/mol. The summed E-state index contributed by atoms with van der Waals surface area (Å²) in [5, 5.41) is 0. The van der Waals surface area contributed by atoms with Gasteiger partial charge in [0.2, 0.25) is 0 Å². The van der Waals surface area contributed by atoms with Crippen LogP contribution in [0.4, 0.5) is 0 Å². The van der Waals surface area contributed by atoms with Crippen molar-refractivity contribution in [2.75, 3.05) is 13.2 Å². The highest BCUT2D eigenvalue weighted by molar-refractivity contribution is 5.96. The van der Waals surface area contributed by atoms with Crippen LogP contribution in [0, 0.1) is 20.8 Å². The number of ketones is 1. The van der Waals surface area contributed by atoms with Gasteiger partial charge in [-0.2, -0.15) is 0 Å². The van der Waals surface area contributed by atoms with Crippen LogP contribution in [0.5, 0.6) is 5.75 Å². The molecule has 0 saturated carbocycles. The number of ether oxygens (including phenoxy) is 2. The number of hydrogen-bond acceptors (Lipinski definition) is 4. The van der Waals surface area contributed by atoms with Crippen LogP contribution in [-0.4, -0.2) is 25.0 Å². The van der Waals surface area contributed by atoms with Gasteiger partial charge in [0.25, 0.3) is 0 Å². The van der Waals surface area contributed by atoms with E-state index in [0.717, 1.165) is 16.7 Å². The molecule has 19 heavy (non-hydrogen) atoms. The van der Waals surface area contributed by atoms with Crippen LogP contribution in [0.1, 0.15) is 30.0 Å². The molecule has 0 atom stereocenters. The minimum atomic E-state index is -0.506. The molecule has 0 radical (unpaired) electrons. The Morgan fingerprint density at radius 2 is 1.84 bits per heavy atom. The first-order valence-electron chi connectivity index (χ1n) is 6.32. The number of aryl methyl sites for hydroxylation is 2. The number of esters is 1. The topological polar surface area (TPSA) is 52.6 Å². The molecule has 0 bridgehead atoms. The Kier molecular flexibility index (Phi) is 5.55. The van der Waals surface area contributed by atoms with Crippen LogP contribution in [0.25, 0.3) is 0 Å². The zero-order chi connectivity index (χ0) is 14.4. The van der Waals surface area contributed by atoms with E-state index in [0.29, 0.717) is 5.75 Å². The summed E-state index contributed by atoms with van der Waals surface area (Å²) in [4.78, 5) is 22.7. The first-order chi connectivity index (χ1) is 8.93. The molecule has 0 heterocycles. The molecule has 0 fully saturated rings. The van der Waals surface area contributed by atoms with E-state index in [1.807, 2.05) is 26.8 Å². The fraction of sp³-hybridized carbons (Fsp3) is 0.467. The predicted molar refractivity (Wildman–Crippen MR) is 72.4 cm³/mol. The molecule has 1 rings (SSSR count). The second kappa shape index (κ2) is 6.92. The molecular formula is C15H20O4. The third-order valence-electron chi connectivity index (χ3n) is 2.80. The number of carbonyl (C=O) groups excluding carboxylic acids is 2. The molecule has 1 aromatic rings. The van der Waals surface area contributed by atoms with Crippen molar-refractivity contribution in [2.24, 2.45) is 0 Å². The van der Waals surface area contributed by atoms with E-state index >= 15 is 0 Å². The molecule has 0 amide bonds. The van der Waals surface area contributed by atoms with E-state index < -0.39 is 5.97 Å². The first kappa shape index (κ1) is 15.2. The van der Waals surface area contributed by atoms with Gasteiger partial charge in [0.15, 0.2) is 5.78 Å². The summed E-state index contributed by atoms with van der Waals surface area (Å²) >= 11 is 0. The van der Waals surface area contributed by atoms with Gasteiger partial charge in [0.05, 0.1) is 6.61 Å². The summed E-state index contributed by atoms with van der Waals surface area (Å²) < 4.78 is 10.2. The molecule has 104 valence electrons. The number of Topliss-reactive ketones (excluding diaryl/α,β-unsaturated/α-hetero) is 1. The molecule has 0 aliphatic heterocycles. The minimum Gasteiger partial charge on any atom is -0.486 e. The van der Waals surface area contributed by atoms with Gasteiger partial charge >= 0.3 is 5.97 Å². The average Bonchev–Trinajstić information content (AvgIpc) is 2.32. The lowest BCUT2D eigenvalue weighted by molar-refractivity contribution is -0.145. The summed E-state index contributed by atoms with van der Waals surface area (Å²) in [6, 6.07) is 3.95. The normalized spacial score (nSPS) is 10.1. The third kappa shape index (κ3) is 4.73. The number of benzene rings is 1. The summed E-state index contributed by atoms with van der Waals surface area (Å²) in [7, 11) is 0. The highest BCUT2D eigenvalue weighted by atomic mass is 16.5. The van der Waals surface area contributed by atoms with Gasteiger partial charge in [0.1, 0.15) is 18.8 Å². The van der Waals surface area contributed by atoms with Crippen LogP contribution in [0.15, 0.2) is 12.1 Å². The van der Waals surface area contributed by atoms with E-state index in [1.54, 1.807) is 6.92 Å². The van der Waals surface area contributed by atoms with Crippen molar-refractivity contribution in [3.05, 3.63) is 28.8 Å². The molecule has 4 nitrogen and oxygen atoms in total. The van der Waals surface area contributed by atoms with Gasteiger partial charge in [0, 0.05) is 0 Å². The van der Waals surface area contributed by atoms with Crippen LogP contribution in [0.2, 0.25) is 0 Å². The van der Waals surface area contributed by atoms with Crippen molar-refractivity contribution >= 4 is 11.8 Å². The number of hydrogen-bond donors (Lipinski definition) is 0. The number of rotatable bonds is 6. The van der Waals surface area contributed by atoms with Crippen LogP contribution >= 0.6 is 0 Å². The summed E-state index contributed by atoms with van der Waals surface area (Å²) in [5.74, 6) is -0.0973. The van der Waals surface area contributed by atoms with Gasteiger partial charge in [-0.3, -0.25) is 9.59 Å². The first-order valence-corrected chi connectivity index (χ1v) is 6.32. The molecule has 0 aromatic heterocycles. The van der Waals surface area contributed by atoms with E-state index in [1.165, 1.54) is 0 Å². The van der Waals surface area contributed by atoms with Crippen molar-refractivity contribution < 1.29 is 19.1 Å². The van der Waals surface area contributed by atoms with Crippen LogP contribution in [0.3, 0.4) is 0 Å². The number of carbonyl (C=O) groups is 2. The second-order valence-corrected chi connectivity index (χ2v) is 4.51. The maximum atomic E-state index is 11.6. The second-order valence-electron chi connectivity index (χ2n) is 4.51. The van der Waals surface area contributed by atoms with Crippen LogP contribution in [-0.2, 0) is 14.3 Å². The van der Waals surface area contributed by atoms with Crippen LogP contribution < -0.4 is 4.74 Å². The fourth-order valence-corrected chi connectivity index (χ4v) is 1.73. The largest absolute Gasteiger partial charge is 0.486 e. The van der Waals surface area contributed by atoms with Crippen molar-refractivity contribution in [3.63, 3.8) is 0 Å². The lowest BCUT2D eigenvalue weighted by Gasteiger charge is -2.11. The Balaban J connectivity index is 2.57. The highest BCUT2D eigenvalue weighted by Crippen LogP contribution is 2.23. The standard InChI is InChI=1S/C15H20O4/c1-5-18-15(17)8-13(16)9-19-14-7-10(2)6-11(3)12(14)4/h6-7H,5,8-9H2,1-4H3. The molecule has 1 aromatic carbocycles. The van der Waals surface area contributed by atoms with Gasteiger partial charge in [-0.05, 0) is 50.5 Å². The molecule has 0 spiro atoms. The van der Waals surface area contributed by atoms with Crippen molar-refractivity contribution in [2.45, 2.75) is 34.1 Å². The Bertz CT molecular complexity index is 477. The maximum absolute atomic E-state index is 11.6. The quantitative estimate of drug-likeness (QED) is 0.585. The van der Waals surface area contributed by atoms with E-state index in [4.69, 9.17) is 9.47 Å². The van der Waals surface area contributed by atoms with Crippen molar-refractivity contribution in [3.8, 4) is 5.75 Å². The SMILES string of the molecule is CCOC(=O)CC(=O)COc1cc(C)cc(C)c1C. The van der Waals surface area contributed by atoms with E-state index in [-0.39, 0.29) is 25.4 Å². The van der Waals surface area contributed by atoms with E-state index in [2.05, 4.69) is 6.07 Å². The lowest BCUT2D eigenvalue weighted by atomic mass is 10.1. The summed E-state index contributed by atoms with van der Waals surface area (Å²) in [6.45, 7) is 7.79. The van der Waals surface area contributed by atoms with E-state index in [9.17, 15) is 9.59 Å². The summed E-state index contributed by atoms with van der Waals surface area (Å²) in [6.07, 6.45) is -0.238. The smallest absolute Gasteiger partial charge is 0.313 e. The van der Waals surface area contributed by atoms with Gasteiger partial charge in [-0.25, -0.2) is 0 Å².